The third-order valence-corrected chi connectivity index (χ3v) is 7.61. The second-order valence-corrected chi connectivity index (χ2v) is 10.2. The van der Waals surface area contributed by atoms with Crippen LogP contribution in [0.4, 0.5) is 5.69 Å². The van der Waals surface area contributed by atoms with Crippen LogP contribution in [-0.2, 0) is 0 Å². The Kier molecular flexibility index (Phi) is 5.85. The Morgan fingerprint density at radius 3 is 2.64 bits per heavy atom. The maximum atomic E-state index is 4.64. The zero-order valence-corrected chi connectivity index (χ0v) is 21.5. The Morgan fingerprint density at radius 2 is 1.77 bits per heavy atom. The fraction of sp³-hybridized carbons (Fsp3) is 0.194. The van der Waals surface area contributed by atoms with E-state index in [0.717, 1.165) is 61.6 Å². The fourth-order valence-electron chi connectivity index (χ4n) is 5.56. The molecule has 8 heteroatoms. The molecule has 6 aromatic rings. The van der Waals surface area contributed by atoms with Crippen LogP contribution in [0.1, 0.15) is 32.1 Å². The molecule has 3 N–H and O–H groups in total. The molecule has 0 aromatic carbocycles. The van der Waals surface area contributed by atoms with E-state index in [1.165, 1.54) is 32.1 Å². The standard InChI is InChI=1S/C31H28N8/c1-19(20-7-3-2-4-8-20)36-23-13-21(16-32-18-23)22-14-25-30(38-39-31(25)35-17-22)28-15-24-26(37-28)10-12-34-29(24)27-9-5-6-11-33-27/h5-6,9-18,20,36-37H,1-4,7-8H2,(H,35,38,39). The highest BCUT2D eigenvalue weighted by atomic mass is 15.2. The van der Waals surface area contributed by atoms with Crippen LogP contribution in [0.15, 0.2) is 85.7 Å². The number of hydrogen-bond acceptors (Lipinski definition) is 6. The van der Waals surface area contributed by atoms with Gasteiger partial charge < -0.3 is 10.3 Å². The Labute approximate surface area is 225 Å². The van der Waals surface area contributed by atoms with Crippen LogP contribution in [0.25, 0.3) is 55.8 Å². The predicted molar refractivity (Wildman–Crippen MR) is 155 cm³/mol. The molecule has 1 fully saturated rings. The molecule has 192 valence electrons. The number of allylic oxidation sites excluding steroid dienone is 1. The molecule has 0 bridgehead atoms. The van der Waals surface area contributed by atoms with Crippen molar-refractivity contribution in [3.05, 3.63) is 85.7 Å². The summed E-state index contributed by atoms with van der Waals surface area (Å²) < 4.78 is 0. The number of H-pyrrole nitrogens is 2. The van der Waals surface area contributed by atoms with Crippen LogP contribution >= 0.6 is 0 Å². The van der Waals surface area contributed by atoms with Gasteiger partial charge in [0.25, 0.3) is 0 Å². The van der Waals surface area contributed by atoms with Crippen molar-refractivity contribution >= 4 is 27.6 Å². The number of anilines is 1. The van der Waals surface area contributed by atoms with Gasteiger partial charge in [0.05, 0.1) is 34.7 Å². The molecule has 6 heterocycles. The molecule has 0 radical (unpaired) electrons. The number of rotatable bonds is 6. The lowest BCUT2D eigenvalue weighted by Crippen LogP contribution is -2.14. The van der Waals surface area contributed by atoms with E-state index in [9.17, 15) is 0 Å². The monoisotopic (exact) mass is 512 g/mol. The summed E-state index contributed by atoms with van der Waals surface area (Å²) in [5.41, 5.74) is 9.07. The molecule has 39 heavy (non-hydrogen) atoms. The van der Waals surface area contributed by atoms with Crippen molar-refractivity contribution in [3.63, 3.8) is 0 Å². The van der Waals surface area contributed by atoms with Crippen molar-refractivity contribution in [2.24, 2.45) is 5.92 Å². The van der Waals surface area contributed by atoms with Crippen molar-refractivity contribution in [1.82, 2.24) is 35.1 Å². The van der Waals surface area contributed by atoms with E-state index >= 15 is 0 Å². The Balaban J connectivity index is 1.23. The smallest absolute Gasteiger partial charge is 0.181 e. The lowest BCUT2D eigenvalue weighted by Gasteiger charge is -2.24. The average molecular weight is 513 g/mol. The quantitative estimate of drug-likeness (QED) is 0.219. The fourth-order valence-corrected chi connectivity index (χ4v) is 5.56. The van der Waals surface area contributed by atoms with Crippen molar-refractivity contribution in [1.29, 1.82) is 0 Å². The largest absolute Gasteiger partial charge is 0.358 e. The Hall–Kier alpha value is -4.85. The van der Waals surface area contributed by atoms with E-state index < -0.39 is 0 Å². The van der Waals surface area contributed by atoms with E-state index in [1.54, 1.807) is 12.4 Å². The van der Waals surface area contributed by atoms with Crippen molar-refractivity contribution in [2.75, 3.05) is 5.32 Å². The van der Waals surface area contributed by atoms with Gasteiger partial charge in [-0.25, -0.2) is 4.98 Å². The third kappa shape index (κ3) is 4.44. The summed E-state index contributed by atoms with van der Waals surface area (Å²) in [6, 6.07) is 14.1. The summed E-state index contributed by atoms with van der Waals surface area (Å²) in [6.07, 6.45) is 15.4. The van der Waals surface area contributed by atoms with Crippen LogP contribution in [0.5, 0.6) is 0 Å². The Morgan fingerprint density at radius 1 is 0.872 bits per heavy atom. The van der Waals surface area contributed by atoms with Crippen LogP contribution < -0.4 is 5.32 Å². The van der Waals surface area contributed by atoms with Gasteiger partial charge in [-0.2, -0.15) is 5.10 Å². The molecule has 0 saturated heterocycles. The average Bonchev–Trinajstić information content (AvgIpc) is 3.62. The van der Waals surface area contributed by atoms with Crippen LogP contribution in [0, 0.1) is 5.92 Å². The zero-order valence-electron chi connectivity index (χ0n) is 21.5. The summed E-state index contributed by atoms with van der Waals surface area (Å²) in [7, 11) is 0. The molecule has 6 aromatic heterocycles. The second-order valence-electron chi connectivity index (χ2n) is 10.2. The lowest BCUT2D eigenvalue weighted by atomic mass is 9.87. The summed E-state index contributed by atoms with van der Waals surface area (Å²) in [4.78, 5) is 21.8. The Bertz CT molecular complexity index is 1790. The first kappa shape index (κ1) is 23.3. The van der Waals surface area contributed by atoms with Gasteiger partial charge in [0.2, 0.25) is 0 Å². The minimum Gasteiger partial charge on any atom is -0.358 e. The number of nitrogens with one attached hydrogen (secondary N) is 3. The molecule has 0 amide bonds. The van der Waals surface area contributed by atoms with Gasteiger partial charge in [-0.1, -0.05) is 31.9 Å². The number of fused-ring (bicyclic) bond motifs is 2. The van der Waals surface area contributed by atoms with Crippen molar-refractivity contribution in [3.8, 4) is 33.9 Å². The molecular formula is C31H28N8. The maximum absolute atomic E-state index is 4.64. The maximum Gasteiger partial charge on any atom is 0.181 e. The topological polar surface area (TPSA) is 108 Å². The van der Waals surface area contributed by atoms with Gasteiger partial charge in [0, 0.05) is 57.9 Å². The molecule has 1 aliphatic rings. The summed E-state index contributed by atoms with van der Waals surface area (Å²) >= 11 is 0. The van der Waals surface area contributed by atoms with E-state index in [0.29, 0.717) is 11.6 Å². The molecule has 0 aliphatic heterocycles. The molecule has 0 atom stereocenters. The van der Waals surface area contributed by atoms with E-state index in [4.69, 9.17) is 0 Å². The lowest BCUT2D eigenvalue weighted by molar-refractivity contribution is 0.405. The molecule has 8 nitrogen and oxygen atoms in total. The van der Waals surface area contributed by atoms with E-state index in [1.807, 2.05) is 42.9 Å². The van der Waals surface area contributed by atoms with Gasteiger partial charge in [-0.05, 0) is 55.2 Å². The highest BCUT2D eigenvalue weighted by molar-refractivity contribution is 5.99. The van der Waals surface area contributed by atoms with Crippen LogP contribution in [0.3, 0.4) is 0 Å². The van der Waals surface area contributed by atoms with Gasteiger partial charge >= 0.3 is 0 Å². The van der Waals surface area contributed by atoms with Gasteiger partial charge in [-0.15, -0.1) is 0 Å². The summed E-state index contributed by atoms with van der Waals surface area (Å²) in [6.45, 7) is 4.32. The second kappa shape index (κ2) is 9.79. The van der Waals surface area contributed by atoms with Crippen LogP contribution in [-0.4, -0.2) is 35.1 Å². The van der Waals surface area contributed by atoms with Gasteiger partial charge in [0.15, 0.2) is 5.65 Å². The molecular weight excluding hydrogens is 484 g/mol. The molecule has 1 aliphatic carbocycles. The molecule has 1 saturated carbocycles. The highest BCUT2D eigenvalue weighted by Crippen LogP contribution is 2.34. The predicted octanol–water partition coefficient (Wildman–Crippen LogP) is 7.13. The number of aromatic amines is 2. The zero-order chi connectivity index (χ0) is 26.2. The minimum atomic E-state index is 0.526. The van der Waals surface area contributed by atoms with E-state index in [-0.39, 0.29) is 0 Å². The highest BCUT2D eigenvalue weighted by Gasteiger charge is 2.18. The molecule has 0 unspecified atom stereocenters. The first-order chi connectivity index (χ1) is 19.2. The van der Waals surface area contributed by atoms with E-state index in [2.05, 4.69) is 65.2 Å². The summed E-state index contributed by atoms with van der Waals surface area (Å²) in [5, 5.41) is 13.1. The number of nitrogens with zero attached hydrogens (tertiary/aromatic N) is 5. The normalized spacial score (nSPS) is 14.2. The molecule has 7 rings (SSSR count). The van der Waals surface area contributed by atoms with Crippen molar-refractivity contribution in [2.45, 2.75) is 32.1 Å². The first-order valence-corrected chi connectivity index (χ1v) is 13.4. The third-order valence-electron chi connectivity index (χ3n) is 7.61. The number of pyridine rings is 4. The van der Waals surface area contributed by atoms with Crippen molar-refractivity contribution < 1.29 is 0 Å². The van der Waals surface area contributed by atoms with Gasteiger partial charge in [0.1, 0.15) is 0 Å². The SMILES string of the molecule is C=C(Nc1cncc(-c2cnc3n[nH]c(-c4cc5c(-c6ccccn6)nccc5[nH]4)c3c2)c1)C1CCCCC1. The molecule has 0 spiro atoms. The minimum absolute atomic E-state index is 0.526. The summed E-state index contributed by atoms with van der Waals surface area (Å²) in [5.74, 6) is 0.526. The number of hydrogen-bond donors (Lipinski definition) is 3. The van der Waals surface area contributed by atoms with Crippen LogP contribution in [0.2, 0.25) is 0 Å². The number of aromatic nitrogens is 7. The van der Waals surface area contributed by atoms with Gasteiger partial charge in [-0.3, -0.25) is 20.1 Å². The first-order valence-electron chi connectivity index (χ1n) is 13.4.